The SMILES string of the molecule is NCC1CCN(c2cccc3[nH]cnc23)C1. The number of aromatic nitrogens is 2. The molecule has 1 aliphatic heterocycles. The molecule has 1 saturated heterocycles. The van der Waals surface area contributed by atoms with Gasteiger partial charge in [-0.25, -0.2) is 4.98 Å². The van der Waals surface area contributed by atoms with Crippen molar-refractivity contribution < 1.29 is 0 Å². The van der Waals surface area contributed by atoms with E-state index in [2.05, 4.69) is 33.1 Å². The largest absolute Gasteiger partial charge is 0.369 e. The van der Waals surface area contributed by atoms with E-state index < -0.39 is 0 Å². The van der Waals surface area contributed by atoms with Crippen LogP contribution < -0.4 is 10.6 Å². The van der Waals surface area contributed by atoms with Gasteiger partial charge >= 0.3 is 0 Å². The summed E-state index contributed by atoms with van der Waals surface area (Å²) in [6.07, 6.45) is 2.95. The fraction of sp³-hybridized carbons (Fsp3) is 0.417. The van der Waals surface area contributed by atoms with E-state index in [1.807, 2.05) is 0 Å². The molecule has 1 unspecified atom stereocenters. The number of imidazole rings is 1. The van der Waals surface area contributed by atoms with Crippen molar-refractivity contribution in [3.05, 3.63) is 24.5 Å². The van der Waals surface area contributed by atoms with Crippen molar-refractivity contribution in [1.82, 2.24) is 9.97 Å². The Morgan fingerprint density at radius 1 is 1.50 bits per heavy atom. The Kier molecular flexibility index (Phi) is 2.29. The third-order valence-electron chi connectivity index (χ3n) is 3.39. The van der Waals surface area contributed by atoms with Crippen molar-refractivity contribution in [3.63, 3.8) is 0 Å². The van der Waals surface area contributed by atoms with Gasteiger partial charge in [0.15, 0.2) is 0 Å². The number of H-pyrrole nitrogens is 1. The molecular formula is C12H16N4. The molecular weight excluding hydrogens is 200 g/mol. The molecule has 1 aromatic heterocycles. The second kappa shape index (κ2) is 3.79. The third-order valence-corrected chi connectivity index (χ3v) is 3.39. The molecule has 1 aliphatic rings. The predicted molar refractivity (Wildman–Crippen MR) is 65.5 cm³/mol. The van der Waals surface area contributed by atoms with Crippen molar-refractivity contribution in [2.24, 2.45) is 11.7 Å². The van der Waals surface area contributed by atoms with Crippen LogP contribution in [0.25, 0.3) is 11.0 Å². The monoisotopic (exact) mass is 216 g/mol. The van der Waals surface area contributed by atoms with Gasteiger partial charge in [0.25, 0.3) is 0 Å². The van der Waals surface area contributed by atoms with Crippen LogP contribution >= 0.6 is 0 Å². The van der Waals surface area contributed by atoms with Crippen molar-refractivity contribution in [1.29, 1.82) is 0 Å². The summed E-state index contributed by atoms with van der Waals surface area (Å²) in [6, 6.07) is 6.27. The Morgan fingerprint density at radius 3 is 3.25 bits per heavy atom. The Labute approximate surface area is 94.5 Å². The van der Waals surface area contributed by atoms with E-state index in [0.29, 0.717) is 5.92 Å². The van der Waals surface area contributed by atoms with Crippen LogP contribution in [0, 0.1) is 5.92 Å². The third kappa shape index (κ3) is 1.46. The van der Waals surface area contributed by atoms with Gasteiger partial charge in [-0.05, 0) is 31.0 Å². The van der Waals surface area contributed by atoms with Crippen LogP contribution in [0.2, 0.25) is 0 Å². The topological polar surface area (TPSA) is 57.9 Å². The molecule has 0 radical (unpaired) electrons. The number of nitrogens with zero attached hydrogens (tertiary/aromatic N) is 2. The van der Waals surface area contributed by atoms with Gasteiger partial charge in [0, 0.05) is 13.1 Å². The predicted octanol–water partition coefficient (Wildman–Crippen LogP) is 1.35. The van der Waals surface area contributed by atoms with Crippen LogP contribution in [-0.2, 0) is 0 Å². The summed E-state index contributed by atoms with van der Waals surface area (Å²) < 4.78 is 0. The van der Waals surface area contributed by atoms with Gasteiger partial charge in [0.1, 0.15) is 5.52 Å². The molecule has 0 amide bonds. The van der Waals surface area contributed by atoms with Crippen LogP contribution in [-0.4, -0.2) is 29.6 Å². The Hall–Kier alpha value is -1.55. The minimum Gasteiger partial charge on any atom is -0.369 e. The van der Waals surface area contributed by atoms with Crippen molar-refractivity contribution >= 4 is 16.7 Å². The zero-order chi connectivity index (χ0) is 11.0. The fourth-order valence-electron chi connectivity index (χ4n) is 2.45. The zero-order valence-corrected chi connectivity index (χ0v) is 9.19. The molecule has 1 fully saturated rings. The van der Waals surface area contributed by atoms with Crippen LogP contribution in [0.15, 0.2) is 24.5 Å². The van der Waals surface area contributed by atoms with Crippen LogP contribution in [0.4, 0.5) is 5.69 Å². The van der Waals surface area contributed by atoms with E-state index in [4.69, 9.17) is 5.73 Å². The molecule has 2 heterocycles. The van der Waals surface area contributed by atoms with E-state index in [1.165, 1.54) is 12.1 Å². The molecule has 1 aromatic carbocycles. The summed E-state index contributed by atoms with van der Waals surface area (Å²) in [6.45, 7) is 2.93. The van der Waals surface area contributed by atoms with E-state index in [9.17, 15) is 0 Å². The Morgan fingerprint density at radius 2 is 2.44 bits per heavy atom. The lowest BCUT2D eigenvalue weighted by molar-refractivity contribution is 0.603. The van der Waals surface area contributed by atoms with Crippen molar-refractivity contribution in [2.45, 2.75) is 6.42 Å². The number of hydrogen-bond donors (Lipinski definition) is 2. The van der Waals surface area contributed by atoms with E-state index >= 15 is 0 Å². The van der Waals surface area contributed by atoms with Crippen molar-refractivity contribution in [3.8, 4) is 0 Å². The molecule has 0 saturated carbocycles. The molecule has 4 heteroatoms. The maximum absolute atomic E-state index is 5.72. The zero-order valence-electron chi connectivity index (χ0n) is 9.19. The molecule has 16 heavy (non-hydrogen) atoms. The first-order valence-electron chi connectivity index (χ1n) is 5.75. The molecule has 2 aromatic rings. The highest BCUT2D eigenvalue weighted by Crippen LogP contribution is 2.28. The number of hydrogen-bond acceptors (Lipinski definition) is 3. The molecule has 1 atom stereocenters. The summed E-state index contributed by atoms with van der Waals surface area (Å²) in [5.41, 5.74) is 9.12. The van der Waals surface area contributed by atoms with Gasteiger partial charge in [-0.15, -0.1) is 0 Å². The number of aromatic amines is 1. The number of para-hydroxylation sites is 1. The van der Waals surface area contributed by atoms with E-state index in [-0.39, 0.29) is 0 Å². The molecule has 3 N–H and O–H groups in total. The summed E-state index contributed by atoms with van der Waals surface area (Å²) in [5, 5.41) is 0. The number of benzene rings is 1. The molecule has 84 valence electrons. The highest BCUT2D eigenvalue weighted by atomic mass is 15.2. The maximum Gasteiger partial charge on any atom is 0.112 e. The molecule has 0 spiro atoms. The molecule has 0 aliphatic carbocycles. The first-order chi connectivity index (χ1) is 7.88. The lowest BCUT2D eigenvalue weighted by Gasteiger charge is -2.18. The smallest absolute Gasteiger partial charge is 0.112 e. The highest BCUT2D eigenvalue weighted by Gasteiger charge is 2.22. The van der Waals surface area contributed by atoms with E-state index in [1.54, 1.807) is 6.33 Å². The lowest BCUT2D eigenvalue weighted by Crippen LogP contribution is -2.22. The number of fused-ring (bicyclic) bond motifs is 1. The summed E-state index contributed by atoms with van der Waals surface area (Å²) in [4.78, 5) is 9.92. The quantitative estimate of drug-likeness (QED) is 0.796. The molecule has 0 bridgehead atoms. The van der Waals surface area contributed by atoms with Crippen molar-refractivity contribution in [2.75, 3.05) is 24.5 Å². The minimum absolute atomic E-state index is 0.634. The van der Waals surface area contributed by atoms with Crippen LogP contribution in [0.1, 0.15) is 6.42 Å². The molecule has 3 rings (SSSR count). The Balaban J connectivity index is 1.97. The normalized spacial score (nSPS) is 20.8. The van der Waals surface area contributed by atoms with E-state index in [0.717, 1.165) is 30.7 Å². The number of nitrogens with one attached hydrogen (secondary N) is 1. The van der Waals surface area contributed by atoms with Gasteiger partial charge in [-0.3, -0.25) is 0 Å². The maximum atomic E-state index is 5.72. The Bertz CT molecular complexity index is 490. The van der Waals surface area contributed by atoms with Gasteiger partial charge in [-0.1, -0.05) is 6.07 Å². The molecule has 4 nitrogen and oxygen atoms in total. The second-order valence-corrected chi connectivity index (χ2v) is 4.41. The number of nitrogens with two attached hydrogens (primary N) is 1. The fourth-order valence-corrected chi connectivity index (χ4v) is 2.45. The summed E-state index contributed by atoms with van der Waals surface area (Å²) in [7, 11) is 0. The lowest BCUT2D eigenvalue weighted by atomic mass is 10.1. The number of anilines is 1. The van der Waals surface area contributed by atoms with Gasteiger partial charge in [0.2, 0.25) is 0 Å². The van der Waals surface area contributed by atoms with Gasteiger partial charge in [-0.2, -0.15) is 0 Å². The first kappa shape index (κ1) is 9.66. The summed E-state index contributed by atoms with van der Waals surface area (Å²) >= 11 is 0. The number of rotatable bonds is 2. The first-order valence-corrected chi connectivity index (χ1v) is 5.75. The van der Waals surface area contributed by atoms with Crippen LogP contribution in [0.5, 0.6) is 0 Å². The minimum atomic E-state index is 0.634. The highest BCUT2D eigenvalue weighted by molar-refractivity contribution is 5.88. The van der Waals surface area contributed by atoms with Gasteiger partial charge in [0.05, 0.1) is 17.5 Å². The van der Waals surface area contributed by atoms with Gasteiger partial charge < -0.3 is 15.6 Å². The van der Waals surface area contributed by atoms with Crippen LogP contribution in [0.3, 0.4) is 0 Å². The standard InChI is InChI=1S/C12H16N4/c13-6-9-4-5-16(7-9)11-3-1-2-10-12(11)15-8-14-10/h1-3,8-9H,4-7,13H2,(H,14,15). The second-order valence-electron chi connectivity index (χ2n) is 4.41. The average Bonchev–Trinajstić information content (AvgIpc) is 2.97. The average molecular weight is 216 g/mol. The summed E-state index contributed by atoms with van der Waals surface area (Å²) in [5.74, 6) is 0.634.